The minimum Gasteiger partial charge on any atom is -0.494 e. The van der Waals surface area contributed by atoms with Gasteiger partial charge in [0.2, 0.25) is 0 Å². The van der Waals surface area contributed by atoms with Crippen molar-refractivity contribution < 1.29 is 4.74 Å². The fourth-order valence-corrected chi connectivity index (χ4v) is 1.46. The van der Waals surface area contributed by atoms with Gasteiger partial charge in [-0.3, -0.25) is 10.9 Å². The van der Waals surface area contributed by atoms with E-state index in [1.54, 1.807) is 0 Å². The van der Waals surface area contributed by atoms with Gasteiger partial charge in [-0.15, -0.1) is 0 Å². The van der Waals surface area contributed by atoms with Crippen LogP contribution in [-0.4, -0.2) is 6.61 Å². The van der Waals surface area contributed by atoms with E-state index in [4.69, 9.17) is 10.5 Å². The smallest absolute Gasteiger partial charge is 0.119 e. The van der Waals surface area contributed by atoms with Crippen LogP contribution in [0.25, 0.3) is 5.70 Å². The quantitative estimate of drug-likeness (QED) is 0.715. The van der Waals surface area contributed by atoms with Crippen molar-refractivity contribution in [3.8, 4) is 5.75 Å². The van der Waals surface area contributed by atoms with Crippen molar-refractivity contribution in [2.75, 3.05) is 6.61 Å². The Balaban J connectivity index is 2.16. The molecule has 0 aliphatic carbocycles. The topological polar surface area (TPSA) is 59.3 Å². The highest BCUT2D eigenvalue weighted by Crippen LogP contribution is 2.17. The molecule has 0 saturated heterocycles. The van der Waals surface area contributed by atoms with Gasteiger partial charge in [-0.25, -0.2) is 0 Å². The van der Waals surface area contributed by atoms with E-state index in [2.05, 4.69) is 10.9 Å². The second kappa shape index (κ2) is 4.61. The zero-order chi connectivity index (χ0) is 11.4. The van der Waals surface area contributed by atoms with E-state index < -0.39 is 0 Å². The monoisotopic (exact) mass is 217 g/mol. The number of nitrogens with two attached hydrogens (primary N) is 1. The van der Waals surface area contributed by atoms with Gasteiger partial charge < -0.3 is 10.5 Å². The average Bonchev–Trinajstić information content (AvgIpc) is 2.32. The summed E-state index contributed by atoms with van der Waals surface area (Å²) in [5, 5.41) is 0. The summed E-state index contributed by atoms with van der Waals surface area (Å²) in [4.78, 5) is 0. The van der Waals surface area contributed by atoms with E-state index in [-0.39, 0.29) is 0 Å². The molecule has 0 atom stereocenters. The summed E-state index contributed by atoms with van der Waals surface area (Å²) in [5.41, 5.74) is 13.5. The molecule has 1 aliphatic heterocycles. The van der Waals surface area contributed by atoms with Gasteiger partial charge in [0.05, 0.1) is 12.3 Å². The first-order valence-corrected chi connectivity index (χ1v) is 5.22. The zero-order valence-electron chi connectivity index (χ0n) is 9.16. The molecule has 0 unspecified atom stereocenters. The molecule has 0 spiro atoms. The van der Waals surface area contributed by atoms with Crippen LogP contribution in [0, 0.1) is 0 Å². The molecule has 0 saturated carbocycles. The Hall–Kier alpha value is -2.10. The van der Waals surface area contributed by atoms with Crippen LogP contribution in [0.4, 0.5) is 0 Å². The Kier molecular flexibility index (Phi) is 3.00. The molecule has 0 fully saturated rings. The van der Waals surface area contributed by atoms with Gasteiger partial charge in [0, 0.05) is 0 Å². The lowest BCUT2D eigenvalue weighted by atomic mass is 10.1. The van der Waals surface area contributed by atoms with Gasteiger partial charge in [0.1, 0.15) is 11.6 Å². The molecule has 4 nitrogen and oxygen atoms in total. The summed E-state index contributed by atoms with van der Waals surface area (Å²) >= 11 is 0. The lowest BCUT2D eigenvalue weighted by molar-refractivity contribution is 0.340. The van der Waals surface area contributed by atoms with Gasteiger partial charge in [0.25, 0.3) is 0 Å². The normalized spacial score (nSPS) is 14.3. The van der Waals surface area contributed by atoms with E-state index in [9.17, 15) is 0 Å². The molecule has 1 aromatic carbocycles. The number of hydrogen-bond acceptors (Lipinski definition) is 4. The maximum Gasteiger partial charge on any atom is 0.119 e. The van der Waals surface area contributed by atoms with Crippen LogP contribution in [0.15, 0.2) is 42.2 Å². The molecule has 1 heterocycles. The fraction of sp³-hybridized carbons (Fsp3) is 0.167. The number of benzene rings is 1. The van der Waals surface area contributed by atoms with E-state index in [0.717, 1.165) is 17.0 Å². The average molecular weight is 217 g/mol. The highest BCUT2D eigenvalue weighted by molar-refractivity contribution is 5.66. The second-order valence-corrected chi connectivity index (χ2v) is 3.41. The van der Waals surface area contributed by atoms with Crippen LogP contribution in [0.1, 0.15) is 12.5 Å². The Morgan fingerprint density at radius 1 is 1.12 bits per heavy atom. The second-order valence-electron chi connectivity index (χ2n) is 3.41. The number of nitrogens with one attached hydrogen (secondary N) is 2. The first-order chi connectivity index (χ1) is 7.79. The first-order valence-electron chi connectivity index (χ1n) is 5.22. The molecule has 84 valence electrons. The van der Waals surface area contributed by atoms with Crippen molar-refractivity contribution >= 4 is 5.70 Å². The maximum atomic E-state index is 5.56. The molecular weight excluding hydrogens is 202 g/mol. The highest BCUT2D eigenvalue weighted by Gasteiger charge is 2.04. The molecule has 1 aromatic rings. The van der Waals surface area contributed by atoms with E-state index >= 15 is 0 Å². The predicted octanol–water partition coefficient (Wildman–Crippen LogP) is 1.33. The molecule has 0 aromatic heterocycles. The highest BCUT2D eigenvalue weighted by atomic mass is 16.5. The van der Waals surface area contributed by atoms with Crippen LogP contribution >= 0.6 is 0 Å². The summed E-state index contributed by atoms with van der Waals surface area (Å²) < 4.78 is 5.38. The molecule has 0 bridgehead atoms. The lowest BCUT2D eigenvalue weighted by Crippen LogP contribution is -2.35. The molecule has 0 radical (unpaired) electrons. The van der Waals surface area contributed by atoms with Crippen molar-refractivity contribution in [3.63, 3.8) is 0 Å². The summed E-state index contributed by atoms with van der Waals surface area (Å²) in [6.07, 6.45) is 3.75. The number of allylic oxidation sites excluding steroid dienone is 2. The van der Waals surface area contributed by atoms with Gasteiger partial charge in [0.15, 0.2) is 0 Å². The van der Waals surface area contributed by atoms with Crippen LogP contribution in [0.3, 0.4) is 0 Å². The minimum atomic E-state index is 0.606. The van der Waals surface area contributed by atoms with Crippen molar-refractivity contribution in [2.24, 2.45) is 5.73 Å². The van der Waals surface area contributed by atoms with Crippen LogP contribution in [0.2, 0.25) is 0 Å². The van der Waals surface area contributed by atoms with Crippen molar-refractivity contribution in [2.45, 2.75) is 6.92 Å². The molecule has 4 heteroatoms. The maximum absolute atomic E-state index is 5.56. The third-order valence-electron chi connectivity index (χ3n) is 2.25. The third kappa shape index (κ3) is 2.28. The summed E-state index contributed by atoms with van der Waals surface area (Å²) in [6, 6.07) is 7.90. The van der Waals surface area contributed by atoms with E-state index in [1.165, 1.54) is 0 Å². The van der Waals surface area contributed by atoms with Gasteiger partial charge in [-0.05, 0) is 48.9 Å². The Morgan fingerprint density at radius 3 is 2.44 bits per heavy atom. The Bertz CT molecular complexity index is 420. The van der Waals surface area contributed by atoms with E-state index in [1.807, 2.05) is 43.3 Å². The SMILES string of the molecule is CCOc1ccc(C2=CC=C(N)NN2)cc1. The lowest BCUT2D eigenvalue weighted by Gasteiger charge is -2.17. The third-order valence-corrected chi connectivity index (χ3v) is 2.25. The Morgan fingerprint density at radius 2 is 1.88 bits per heavy atom. The van der Waals surface area contributed by atoms with Crippen molar-refractivity contribution in [1.82, 2.24) is 10.9 Å². The van der Waals surface area contributed by atoms with Crippen LogP contribution in [0.5, 0.6) is 5.75 Å². The standard InChI is InChI=1S/C12H15N3O/c1-2-16-10-5-3-9(4-6-10)11-7-8-12(13)15-14-11/h3-8,14-15H,2,13H2,1H3. The zero-order valence-corrected chi connectivity index (χ0v) is 9.16. The Labute approximate surface area is 94.8 Å². The van der Waals surface area contributed by atoms with Crippen molar-refractivity contribution in [1.29, 1.82) is 0 Å². The number of hydrogen-bond donors (Lipinski definition) is 3. The fourth-order valence-electron chi connectivity index (χ4n) is 1.46. The summed E-state index contributed by atoms with van der Waals surface area (Å²) in [6.45, 7) is 2.65. The largest absolute Gasteiger partial charge is 0.494 e. The molecule has 0 amide bonds. The minimum absolute atomic E-state index is 0.606. The predicted molar refractivity (Wildman–Crippen MR) is 64.1 cm³/mol. The first kappa shape index (κ1) is 10.4. The van der Waals surface area contributed by atoms with Gasteiger partial charge >= 0.3 is 0 Å². The molecule has 2 rings (SSSR count). The summed E-state index contributed by atoms with van der Waals surface area (Å²) in [5.74, 6) is 1.49. The molecule has 16 heavy (non-hydrogen) atoms. The van der Waals surface area contributed by atoms with Gasteiger partial charge in [-0.2, -0.15) is 0 Å². The van der Waals surface area contributed by atoms with Crippen LogP contribution < -0.4 is 21.3 Å². The van der Waals surface area contributed by atoms with Gasteiger partial charge in [-0.1, -0.05) is 0 Å². The van der Waals surface area contributed by atoms with E-state index in [0.29, 0.717) is 12.4 Å². The summed E-state index contributed by atoms with van der Waals surface area (Å²) in [7, 11) is 0. The number of rotatable bonds is 3. The van der Waals surface area contributed by atoms with Crippen LogP contribution in [-0.2, 0) is 0 Å². The van der Waals surface area contributed by atoms with Crippen molar-refractivity contribution in [3.05, 3.63) is 47.8 Å². The molecule has 1 aliphatic rings. The number of ether oxygens (including phenoxy) is 1. The number of hydrazine groups is 1. The molecule has 4 N–H and O–H groups in total. The molecular formula is C12H15N3O.